The van der Waals surface area contributed by atoms with Crippen molar-refractivity contribution in [1.29, 1.82) is 0 Å². The number of benzene rings is 3. The molecule has 0 N–H and O–H groups in total. The van der Waals surface area contributed by atoms with E-state index in [2.05, 4.69) is 116 Å². The maximum Gasteiger partial charge on any atom is 0.0462 e. The van der Waals surface area contributed by atoms with Crippen molar-refractivity contribution < 1.29 is 0 Å². The van der Waals surface area contributed by atoms with E-state index < -0.39 is 0 Å². The minimum atomic E-state index is 1.09. The summed E-state index contributed by atoms with van der Waals surface area (Å²) in [6.45, 7) is 2.26. The molecular weight excluding hydrogens is 462 g/mol. The highest BCUT2D eigenvalue weighted by Gasteiger charge is 2.12. The van der Waals surface area contributed by atoms with E-state index >= 15 is 0 Å². The van der Waals surface area contributed by atoms with Gasteiger partial charge in [-0.25, -0.2) is 0 Å². The van der Waals surface area contributed by atoms with E-state index in [-0.39, 0.29) is 0 Å². The van der Waals surface area contributed by atoms with E-state index in [9.17, 15) is 0 Å². The fourth-order valence-corrected chi connectivity index (χ4v) is 3.72. The second kappa shape index (κ2) is 10.1. The third-order valence-corrected chi connectivity index (χ3v) is 5.74. The highest BCUT2D eigenvalue weighted by Crippen LogP contribution is 2.35. The number of halogens is 2. The molecule has 0 atom stereocenters. The van der Waals surface area contributed by atoms with Crippen molar-refractivity contribution >= 4 is 48.9 Å². The van der Waals surface area contributed by atoms with Crippen LogP contribution >= 0.6 is 31.9 Å². The van der Waals surface area contributed by atoms with Gasteiger partial charge in [-0.1, -0.05) is 70.2 Å². The first kappa shape index (κ1) is 20.2. The quantitative estimate of drug-likeness (QED) is 0.287. The predicted octanol–water partition coefficient (Wildman–Crippen LogP) is 8.80. The summed E-state index contributed by atoms with van der Waals surface area (Å²) in [4.78, 5) is 2.29. The van der Waals surface area contributed by atoms with Crippen LogP contribution in [-0.2, 0) is 6.42 Å². The van der Waals surface area contributed by atoms with E-state index in [1.165, 1.54) is 36.9 Å². The summed E-state index contributed by atoms with van der Waals surface area (Å²) in [5.41, 5.74) is 4.89. The van der Waals surface area contributed by atoms with E-state index in [4.69, 9.17) is 0 Å². The second-order valence-corrected chi connectivity index (χ2v) is 8.60. The fourth-order valence-electron chi connectivity index (χ4n) is 3.20. The lowest BCUT2D eigenvalue weighted by molar-refractivity contribution is 0.667. The predicted molar refractivity (Wildman–Crippen MR) is 124 cm³/mol. The Balaban J connectivity index is 1.86. The molecule has 0 aliphatic carbocycles. The summed E-state index contributed by atoms with van der Waals surface area (Å²) in [5, 5.41) is 0. The lowest BCUT2D eigenvalue weighted by atomic mass is 10.1. The van der Waals surface area contributed by atoms with Crippen molar-refractivity contribution in [2.24, 2.45) is 0 Å². The van der Waals surface area contributed by atoms with Crippen molar-refractivity contribution in [3.05, 3.63) is 87.3 Å². The zero-order chi connectivity index (χ0) is 19.1. The SMILES string of the molecule is CCCCCCc1ccc(N(c2ccc(Br)cc2)c2ccc(Br)cc2)cc1. The third kappa shape index (κ3) is 5.70. The Morgan fingerprint density at radius 2 is 1.04 bits per heavy atom. The van der Waals surface area contributed by atoms with Crippen LogP contribution in [0.3, 0.4) is 0 Å². The van der Waals surface area contributed by atoms with Gasteiger partial charge >= 0.3 is 0 Å². The van der Waals surface area contributed by atoms with Gasteiger partial charge in [0.25, 0.3) is 0 Å². The van der Waals surface area contributed by atoms with Gasteiger partial charge in [0.05, 0.1) is 0 Å². The highest BCUT2D eigenvalue weighted by atomic mass is 79.9. The molecule has 0 amide bonds. The molecule has 0 saturated heterocycles. The maximum absolute atomic E-state index is 3.54. The van der Waals surface area contributed by atoms with Gasteiger partial charge in [-0.3, -0.25) is 0 Å². The molecule has 1 nitrogen and oxygen atoms in total. The van der Waals surface area contributed by atoms with Gasteiger partial charge in [-0.05, 0) is 79.1 Å². The van der Waals surface area contributed by atoms with Crippen molar-refractivity contribution in [2.75, 3.05) is 4.90 Å². The van der Waals surface area contributed by atoms with Crippen LogP contribution in [0.2, 0.25) is 0 Å². The van der Waals surface area contributed by atoms with Crippen LogP contribution in [-0.4, -0.2) is 0 Å². The number of unbranched alkanes of at least 4 members (excludes halogenated alkanes) is 3. The molecule has 0 aromatic heterocycles. The first-order chi connectivity index (χ1) is 13.2. The van der Waals surface area contributed by atoms with Gasteiger partial charge in [-0.15, -0.1) is 0 Å². The summed E-state index contributed by atoms with van der Waals surface area (Å²) in [5.74, 6) is 0. The Bertz CT molecular complexity index is 778. The Hall–Kier alpha value is -1.58. The summed E-state index contributed by atoms with van der Waals surface area (Å²) in [6, 6.07) is 25.9. The maximum atomic E-state index is 3.54. The standard InChI is InChI=1S/C24H25Br2N/c1-2-3-4-5-6-19-7-13-22(14-8-19)27(23-15-9-20(25)10-16-23)24-17-11-21(26)12-18-24/h7-18H,2-6H2,1H3. The molecule has 0 aliphatic heterocycles. The lowest BCUT2D eigenvalue weighted by Gasteiger charge is -2.25. The number of hydrogen-bond donors (Lipinski definition) is 0. The monoisotopic (exact) mass is 485 g/mol. The molecule has 0 heterocycles. The summed E-state index contributed by atoms with van der Waals surface area (Å²) >= 11 is 7.07. The van der Waals surface area contributed by atoms with Crippen LogP contribution in [0.15, 0.2) is 81.7 Å². The molecule has 0 aliphatic rings. The van der Waals surface area contributed by atoms with Crippen molar-refractivity contribution in [2.45, 2.75) is 39.0 Å². The van der Waals surface area contributed by atoms with Gasteiger partial charge < -0.3 is 4.90 Å². The number of nitrogens with zero attached hydrogens (tertiary/aromatic N) is 1. The number of rotatable bonds is 8. The molecule has 0 unspecified atom stereocenters. The van der Waals surface area contributed by atoms with E-state index in [0.717, 1.165) is 26.7 Å². The molecule has 0 spiro atoms. The van der Waals surface area contributed by atoms with Crippen LogP contribution in [0, 0.1) is 0 Å². The first-order valence-electron chi connectivity index (χ1n) is 9.57. The van der Waals surface area contributed by atoms with Gasteiger partial charge in [0.15, 0.2) is 0 Å². The average Bonchev–Trinajstić information content (AvgIpc) is 2.69. The minimum absolute atomic E-state index is 1.09. The zero-order valence-electron chi connectivity index (χ0n) is 15.7. The third-order valence-electron chi connectivity index (χ3n) is 4.68. The van der Waals surface area contributed by atoms with E-state index in [1.807, 2.05) is 0 Å². The Kier molecular flexibility index (Phi) is 7.54. The topological polar surface area (TPSA) is 3.24 Å². The van der Waals surface area contributed by atoms with E-state index in [0.29, 0.717) is 0 Å². The molecule has 3 heteroatoms. The average molecular weight is 487 g/mol. The normalized spacial score (nSPS) is 10.8. The van der Waals surface area contributed by atoms with Gasteiger partial charge in [0.2, 0.25) is 0 Å². The van der Waals surface area contributed by atoms with Gasteiger partial charge in [0, 0.05) is 26.0 Å². The zero-order valence-corrected chi connectivity index (χ0v) is 18.8. The van der Waals surface area contributed by atoms with E-state index in [1.54, 1.807) is 0 Å². The van der Waals surface area contributed by atoms with Crippen LogP contribution in [0.5, 0.6) is 0 Å². The van der Waals surface area contributed by atoms with Crippen LogP contribution in [0.25, 0.3) is 0 Å². The number of anilines is 3. The smallest absolute Gasteiger partial charge is 0.0462 e. The number of hydrogen-bond acceptors (Lipinski definition) is 1. The summed E-state index contributed by atoms with van der Waals surface area (Å²) in [6.07, 6.45) is 6.38. The minimum Gasteiger partial charge on any atom is -0.311 e. The molecule has 27 heavy (non-hydrogen) atoms. The van der Waals surface area contributed by atoms with Crippen LogP contribution in [0.4, 0.5) is 17.1 Å². The van der Waals surface area contributed by atoms with Crippen molar-refractivity contribution in [1.82, 2.24) is 0 Å². The molecule has 3 rings (SSSR count). The first-order valence-corrected chi connectivity index (χ1v) is 11.2. The molecule has 0 bridgehead atoms. The van der Waals surface area contributed by atoms with Gasteiger partial charge in [0.1, 0.15) is 0 Å². The molecule has 140 valence electrons. The Morgan fingerprint density at radius 3 is 1.48 bits per heavy atom. The molecule has 0 saturated carbocycles. The molecule has 3 aromatic carbocycles. The summed E-state index contributed by atoms with van der Waals surface area (Å²) in [7, 11) is 0. The molecule has 3 aromatic rings. The van der Waals surface area contributed by atoms with Gasteiger partial charge in [-0.2, -0.15) is 0 Å². The molecule has 0 fully saturated rings. The molecule has 0 radical (unpaired) electrons. The van der Waals surface area contributed by atoms with Crippen molar-refractivity contribution in [3.8, 4) is 0 Å². The number of aryl methyl sites for hydroxylation is 1. The van der Waals surface area contributed by atoms with Crippen LogP contribution < -0.4 is 4.90 Å². The largest absolute Gasteiger partial charge is 0.311 e. The second-order valence-electron chi connectivity index (χ2n) is 6.77. The highest BCUT2D eigenvalue weighted by molar-refractivity contribution is 9.10. The summed E-state index contributed by atoms with van der Waals surface area (Å²) < 4.78 is 2.17. The van der Waals surface area contributed by atoms with Crippen LogP contribution in [0.1, 0.15) is 38.2 Å². The lowest BCUT2D eigenvalue weighted by Crippen LogP contribution is -2.09. The Labute approximate surface area is 179 Å². The van der Waals surface area contributed by atoms with Crippen molar-refractivity contribution in [3.63, 3.8) is 0 Å². The Morgan fingerprint density at radius 1 is 0.593 bits per heavy atom. The fraction of sp³-hybridized carbons (Fsp3) is 0.250. The molecular formula is C24H25Br2N.